The molecule has 0 fully saturated rings. The van der Waals surface area contributed by atoms with Crippen molar-refractivity contribution in [2.45, 2.75) is 33.1 Å². The van der Waals surface area contributed by atoms with Crippen LogP contribution in [0, 0.1) is 5.63 Å². The molecule has 0 aliphatic rings. The number of rotatable bonds is 5. The molecule has 0 unspecified atom stereocenters. The fourth-order valence-electron chi connectivity index (χ4n) is 1.69. The number of carbonyl (C=O) groups excluding carboxylic acids is 2. The number of pyridine rings is 1. The van der Waals surface area contributed by atoms with E-state index in [1.54, 1.807) is 0 Å². The van der Waals surface area contributed by atoms with Gasteiger partial charge in [0.25, 0.3) is 0 Å². The van der Waals surface area contributed by atoms with E-state index in [9.17, 15) is 14.2 Å². The number of nitrogens with zero attached hydrogens (tertiary/aromatic N) is 1. The quantitative estimate of drug-likeness (QED) is 0.638. The zero-order chi connectivity index (χ0) is 15.1. The van der Waals surface area contributed by atoms with Crippen LogP contribution in [0.5, 0.6) is 0 Å². The molecule has 0 spiro atoms. The van der Waals surface area contributed by atoms with Crippen LogP contribution in [-0.4, -0.2) is 16.7 Å². The first-order valence-electron chi connectivity index (χ1n) is 6.21. The van der Waals surface area contributed by atoms with Crippen LogP contribution in [0.3, 0.4) is 0 Å². The summed E-state index contributed by atoms with van der Waals surface area (Å²) < 4.78 is 10.2. The van der Waals surface area contributed by atoms with Crippen molar-refractivity contribution in [1.82, 2.24) is 4.98 Å². The number of nitrogen functional groups attached to an aromatic ring is 1. The number of carbonyl (C=O) groups is 2. The second-order valence-corrected chi connectivity index (χ2v) is 4.50. The number of aromatic nitrogens is 1. The van der Waals surface area contributed by atoms with Gasteiger partial charge in [-0.25, -0.2) is 0 Å². The summed E-state index contributed by atoms with van der Waals surface area (Å²) in [5, 5.41) is 2.55. The first kappa shape index (κ1) is 16.2. The molecule has 106 valence electrons. The molecule has 6 nitrogen and oxygen atoms in total. The van der Waals surface area contributed by atoms with Crippen LogP contribution in [0.1, 0.15) is 31.4 Å². The average molecular weight is 293 g/mol. The average Bonchev–Trinajstić information content (AvgIpc) is 2.39. The molecule has 0 radical (unpaired) electrons. The third-order valence-corrected chi connectivity index (χ3v) is 3.07. The Morgan fingerprint density at radius 3 is 2.55 bits per heavy atom. The zero-order valence-corrected chi connectivity index (χ0v) is 12.3. The third-order valence-electron chi connectivity index (χ3n) is 2.72. The normalized spacial score (nSPS) is 9.70. The molecule has 0 saturated heterocycles. The summed E-state index contributed by atoms with van der Waals surface area (Å²) in [7, 11) is -0.529. The number of anilines is 2. The van der Waals surface area contributed by atoms with Crippen molar-refractivity contribution in [1.29, 1.82) is 0 Å². The van der Waals surface area contributed by atoms with Crippen LogP contribution in [0.4, 0.5) is 11.6 Å². The predicted octanol–water partition coefficient (Wildman–Crippen LogP) is 1.94. The Morgan fingerprint density at radius 2 is 2.00 bits per heavy atom. The molecule has 3 N–H and O–H groups in total. The second kappa shape index (κ2) is 7.63. The van der Waals surface area contributed by atoms with Gasteiger partial charge >= 0.3 is 117 Å². The monoisotopic (exact) mass is 293 g/mol. The van der Waals surface area contributed by atoms with Crippen LogP contribution in [0.25, 0.3) is 0 Å². The zero-order valence-electron chi connectivity index (χ0n) is 11.4. The van der Waals surface area contributed by atoms with Crippen molar-refractivity contribution >= 4 is 31.2 Å². The van der Waals surface area contributed by atoms with E-state index in [0.29, 0.717) is 18.1 Å². The Balaban J connectivity index is 2.93. The van der Waals surface area contributed by atoms with Gasteiger partial charge in [0.2, 0.25) is 0 Å². The van der Waals surface area contributed by atoms with E-state index in [4.69, 9.17) is 5.73 Å². The Bertz CT molecular complexity index is 637. The molecule has 7 heteroatoms. The first-order chi connectivity index (χ1) is 9.51. The Labute approximate surface area is 118 Å². The van der Waals surface area contributed by atoms with Crippen LogP contribution in [0.2, 0.25) is 0 Å². The van der Waals surface area contributed by atoms with Crippen molar-refractivity contribution in [2.24, 2.45) is 0 Å². The van der Waals surface area contributed by atoms with Gasteiger partial charge in [0.15, 0.2) is 0 Å². The fourth-order valence-corrected chi connectivity index (χ4v) is 1.87. The van der Waals surface area contributed by atoms with E-state index in [1.807, 2.05) is 25.5 Å². The number of Topliss-reactive ketones (excluding diaryl/α,β-unsaturated/α-hetero) is 1. The number of nitrogens with two attached hydrogens (primary N) is 1. The van der Waals surface area contributed by atoms with Crippen molar-refractivity contribution in [3.8, 4) is 5.63 Å². The minimum absolute atomic E-state index is 0.361. The summed E-state index contributed by atoms with van der Waals surface area (Å²) in [6.45, 7) is 3.91. The molecule has 0 aliphatic heterocycles. The van der Waals surface area contributed by atoms with Crippen molar-refractivity contribution in [3.63, 3.8) is 0 Å². The summed E-state index contributed by atoms with van der Waals surface area (Å²) in [6.07, 6.45) is 1.02. The second-order valence-electron chi connectivity index (χ2n) is 4.10. The van der Waals surface area contributed by atoms with Gasteiger partial charge in [0.05, 0.1) is 0 Å². The van der Waals surface area contributed by atoms with E-state index in [2.05, 4.69) is 10.3 Å². The maximum absolute atomic E-state index is 11.7. The number of hydrogen-bond acceptors (Lipinski definition) is 5. The summed E-state index contributed by atoms with van der Waals surface area (Å²) in [5.74, 6) is -0.436. The summed E-state index contributed by atoms with van der Waals surface area (Å²) in [6, 6.07) is 1.90. The molecular weight excluding hydrogens is 277 g/mol. The van der Waals surface area contributed by atoms with E-state index in [-0.39, 0.29) is 0 Å². The molecule has 1 aromatic heterocycles. The fraction of sp³-hybridized carbons (Fsp3) is 0.385. The van der Waals surface area contributed by atoms with Gasteiger partial charge in [-0.3, -0.25) is 0 Å². The molecule has 0 bridgehead atoms. The van der Waals surface area contributed by atoms with Gasteiger partial charge in [-0.2, -0.15) is 0 Å². The van der Waals surface area contributed by atoms with Crippen molar-refractivity contribution in [3.05, 3.63) is 17.2 Å². The molecule has 1 heterocycles. The van der Waals surface area contributed by atoms with Gasteiger partial charge in [-0.1, -0.05) is 0 Å². The maximum atomic E-state index is 11.7. The molecule has 1 aromatic rings. The van der Waals surface area contributed by atoms with Gasteiger partial charge in [0.1, 0.15) is 0 Å². The Hall–Kier alpha value is -1.90. The number of amides is 1. The van der Waals surface area contributed by atoms with Gasteiger partial charge < -0.3 is 0 Å². The van der Waals surface area contributed by atoms with Crippen LogP contribution in [0.15, 0.2) is 6.07 Å². The Kier molecular flexibility index (Phi) is 6.16. The summed E-state index contributed by atoms with van der Waals surface area (Å²) in [4.78, 5) is 27.0. The van der Waals surface area contributed by atoms with Crippen molar-refractivity contribution in [2.75, 3.05) is 11.1 Å². The predicted molar refractivity (Wildman–Crippen MR) is 77.2 cm³/mol. The molecule has 20 heavy (non-hydrogen) atoms. The molecule has 0 atom stereocenters. The SMILES string of the molecule is CCc1cc(CC)c(NC(=O)CC(=O)C#P=O)nc1N. The molecule has 0 aromatic carbocycles. The number of ketones is 1. The summed E-state index contributed by atoms with van der Waals surface area (Å²) in [5.41, 5.74) is 9.56. The summed E-state index contributed by atoms with van der Waals surface area (Å²) >= 11 is 0. The first-order valence-corrected chi connectivity index (χ1v) is 7.02. The number of aryl methyl sites for hydroxylation is 2. The molecular formula is C13H16N3O3P. The van der Waals surface area contributed by atoms with Gasteiger partial charge in [-0.15, -0.1) is 0 Å². The van der Waals surface area contributed by atoms with E-state index >= 15 is 0 Å². The van der Waals surface area contributed by atoms with Crippen molar-refractivity contribution < 1.29 is 14.2 Å². The minimum atomic E-state index is -0.629. The van der Waals surface area contributed by atoms with E-state index in [1.165, 1.54) is 0 Å². The third kappa shape index (κ3) is 4.34. The van der Waals surface area contributed by atoms with Crippen LogP contribution >= 0.6 is 7.92 Å². The van der Waals surface area contributed by atoms with Gasteiger partial charge in [0, 0.05) is 0 Å². The number of nitrogens with one attached hydrogen (secondary N) is 1. The molecule has 0 aliphatic carbocycles. The Morgan fingerprint density at radius 1 is 1.35 bits per heavy atom. The van der Waals surface area contributed by atoms with E-state index in [0.717, 1.165) is 17.5 Å². The van der Waals surface area contributed by atoms with Gasteiger partial charge in [-0.05, 0) is 0 Å². The topological polar surface area (TPSA) is 102 Å². The van der Waals surface area contributed by atoms with E-state index < -0.39 is 26.0 Å². The standard InChI is InChI=1S/C13H16N3O3P/c1-3-8-5-9(4-2)13(16-12(8)14)15-11(18)6-10(17)7-20-19/h5H,3-4,6H2,1-2H3,(H3,14,15,16,18). The molecule has 1 amide bonds. The van der Waals surface area contributed by atoms with Crippen LogP contribution < -0.4 is 11.1 Å². The number of hydrogen-bond donors (Lipinski definition) is 2. The molecule has 0 saturated carbocycles. The van der Waals surface area contributed by atoms with Crippen LogP contribution in [-0.2, 0) is 27.0 Å². The molecule has 1 rings (SSSR count).